The van der Waals surface area contributed by atoms with Crippen LogP contribution in [0, 0.1) is 5.92 Å². The Morgan fingerprint density at radius 1 is 1.52 bits per heavy atom. The quantitative estimate of drug-likeness (QED) is 0.926. The molecule has 1 aromatic rings. The Kier molecular flexibility index (Phi) is 5.11. The van der Waals surface area contributed by atoms with E-state index in [2.05, 4.69) is 0 Å². The molecule has 0 aromatic carbocycles. The summed E-state index contributed by atoms with van der Waals surface area (Å²) in [6.45, 7) is 2.82. The molecule has 5 nitrogen and oxygen atoms in total. The summed E-state index contributed by atoms with van der Waals surface area (Å²) in [4.78, 5) is 28.0. The van der Waals surface area contributed by atoms with Crippen LogP contribution in [0.3, 0.4) is 0 Å². The zero-order valence-electron chi connectivity index (χ0n) is 12.1. The summed E-state index contributed by atoms with van der Waals surface area (Å²) in [6, 6.07) is 2.70. The molecule has 2 heterocycles. The van der Waals surface area contributed by atoms with Crippen molar-refractivity contribution in [2.75, 3.05) is 13.6 Å². The van der Waals surface area contributed by atoms with E-state index in [0.717, 1.165) is 17.7 Å². The van der Waals surface area contributed by atoms with Crippen LogP contribution in [0.25, 0.3) is 0 Å². The molecule has 0 bridgehead atoms. The Balaban J connectivity index is 2.07. The number of thiophene rings is 1. The van der Waals surface area contributed by atoms with E-state index in [-0.39, 0.29) is 11.9 Å². The van der Waals surface area contributed by atoms with Crippen molar-refractivity contribution in [2.24, 2.45) is 5.92 Å². The highest BCUT2D eigenvalue weighted by atomic mass is 35.5. The van der Waals surface area contributed by atoms with Gasteiger partial charge in [-0.25, -0.2) is 9.59 Å². The molecule has 2 atom stereocenters. The second-order valence-corrected chi connectivity index (χ2v) is 7.24. The first kappa shape index (κ1) is 16.1. The highest BCUT2D eigenvalue weighted by molar-refractivity contribution is 7.16. The number of aliphatic carboxylic acids is 1. The zero-order chi connectivity index (χ0) is 15.6. The minimum absolute atomic E-state index is 0.0233. The maximum absolute atomic E-state index is 12.5. The van der Waals surface area contributed by atoms with Gasteiger partial charge in [-0.3, -0.25) is 0 Å². The van der Waals surface area contributed by atoms with Crippen LogP contribution < -0.4 is 0 Å². The number of rotatable bonds is 3. The van der Waals surface area contributed by atoms with Crippen molar-refractivity contribution in [3.8, 4) is 0 Å². The first-order valence-electron chi connectivity index (χ1n) is 6.89. The number of urea groups is 1. The lowest BCUT2D eigenvalue weighted by Crippen LogP contribution is -2.55. The molecule has 2 rings (SSSR count). The van der Waals surface area contributed by atoms with Crippen molar-refractivity contribution in [2.45, 2.75) is 32.4 Å². The first-order valence-corrected chi connectivity index (χ1v) is 8.08. The summed E-state index contributed by atoms with van der Waals surface area (Å²) in [7, 11) is 1.69. The highest BCUT2D eigenvalue weighted by Crippen LogP contribution is 2.26. The van der Waals surface area contributed by atoms with Crippen molar-refractivity contribution in [3.05, 3.63) is 21.3 Å². The highest BCUT2D eigenvalue weighted by Gasteiger charge is 2.38. The van der Waals surface area contributed by atoms with Crippen molar-refractivity contribution >= 4 is 34.9 Å². The fourth-order valence-electron chi connectivity index (χ4n) is 2.74. The molecule has 0 aliphatic carbocycles. The van der Waals surface area contributed by atoms with E-state index in [9.17, 15) is 14.7 Å². The van der Waals surface area contributed by atoms with E-state index in [1.54, 1.807) is 18.0 Å². The minimum atomic E-state index is -0.928. The smallest absolute Gasteiger partial charge is 0.326 e. The summed E-state index contributed by atoms with van der Waals surface area (Å²) in [5.41, 5.74) is 0. The zero-order valence-corrected chi connectivity index (χ0v) is 13.7. The third-order valence-electron chi connectivity index (χ3n) is 3.78. The molecule has 116 valence electrons. The van der Waals surface area contributed by atoms with Crippen LogP contribution in [0.5, 0.6) is 0 Å². The van der Waals surface area contributed by atoms with Crippen molar-refractivity contribution in [1.82, 2.24) is 9.80 Å². The van der Waals surface area contributed by atoms with Gasteiger partial charge in [0.05, 0.1) is 10.9 Å². The number of hydrogen-bond acceptors (Lipinski definition) is 3. The maximum Gasteiger partial charge on any atom is 0.326 e. The number of carboxylic acid groups (broad SMARTS) is 1. The van der Waals surface area contributed by atoms with Crippen LogP contribution in [0.2, 0.25) is 4.34 Å². The van der Waals surface area contributed by atoms with Gasteiger partial charge < -0.3 is 14.9 Å². The van der Waals surface area contributed by atoms with Gasteiger partial charge in [0.2, 0.25) is 0 Å². The molecule has 0 saturated carbocycles. The molecule has 1 saturated heterocycles. The van der Waals surface area contributed by atoms with Gasteiger partial charge in [-0.1, -0.05) is 18.5 Å². The van der Waals surface area contributed by atoms with E-state index in [1.165, 1.54) is 16.2 Å². The fourth-order valence-corrected chi connectivity index (χ4v) is 3.88. The fraction of sp³-hybridized carbons (Fsp3) is 0.571. The van der Waals surface area contributed by atoms with Crippen LogP contribution in [0.15, 0.2) is 12.1 Å². The third kappa shape index (κ3) is 3.68. The summed E-state index contributed by atoms with van der Waals surface area (Å²) in [5, 5.41) is 9.38. The lowest BCUT2D eigenvalue weighted by Gasteiger charge is -2.39. The van der Waals surface area contributed by atoms with E-state index in [4.69, 9.17) is 11.6 Å². The van der Waals surface area contributed by atoms with Crippen LogP contribution in [0.4, 0.5) is 4.79 Å². The van der Waals surface area contributed by atoms with Gasteiger partial charge in [0.15, 0.2) is 0 Å². The minimum Gasteiger partial charge on any atom is -0.480 e. The predicted molar refractivity (Wildman–Crippen MR) is 82.7 cm³/mol. The second-order valence-electron chi connectivity index (χ2n) is 5.44. The third-order valence-corrected chi connectivity index (χ3v) is 5.00. The molecular weight excluding hydrogens is 312 g/mol. The molecule has 0 radical (unpaired) electrons. The van der Waals surface area contributed by atoms with E-state index >= 15 is 0 Å². The summed E-state index contributed by atoms with van der Waals surface area (Å²) >= 11 is 7.31. The lowest BCUT2D eigenvalue weighted by molar-refractivity contribution is -0.145. The standard InChI is InChI=1S/C14H19ClN2O3S/c1-9-4-3-7-17(12(9)13(18)19)14(20)16(2)8-10-5-6-11(15)21-10/h5-6,9,12H,3-4,7-8H2,1-2H3,(H,18,19). The van der Waals surface area contributed by atoms with Gasteiger partial charge in [0.1, 0.15) is 6.04 Å². The van der Waals surface area contributed by atoms with E-state index < -0.39 is 12.0 Å². The average molecular weight is 331 g/mol. The van der Waals surface area contributed by atoms with E-state index in [1.807, 2.05) is 13.0 Å². The lowest BCUT2D eigenvalue weighted by atomic mass is 9.91. The van der Waals surface area contributed by atoms with Gasteiger partial charge in [-0.05, 0) is 30.9 Å². The molecule has 0 spiro atoms. The molecular formula is C14H19ClN2O3S. The van der Waals surface area contributed by atoms with Gasteiger partial charge in [-0.2, -0.15) is 0 Å². The Hall–Kier alpha value is -1.27. The number of carbonyl (C=O) groups is 2. The van der Waals surface area contributed by atoms with Gasteiger partial charge in [-0.15, -0.1) is 11.3 Å². The number of nitrogens with zero attached hydrogens (tertiary/aromatic N) is 2. The number of carbonyl (C=O) groups excluding carboxylic acids is 1. The summed E-state index contributed by atoms with van der Waals surface area (Å²) < 4.78 is 0.681. The number of hydrogen-bond donors (Lipinski definition) is 1. The van der Waals surface area contributed by atoms with Gasteiger partial charge >= 0.3 is 12.0 Å². The van der Waals surface area contributed by atoms with Gasteiger partial charge in [0, 0.05) is 18.5 Å². The topological polar surface area (TPSA) is 60.9 Å². The average Bonchev–Trinajstić information content (AvgIpc) is 2.82. The maximum atomic E-state index is 12.5. The molecule has 1 aromatic heterocycles. The van der Waals surface area contributed by atoms with Crippen LogP contribution >= 0.6 is 22.9 Å². The van der Waals surface area contributed by atoms with Crippen LogP contribution in [-0.2, 0) is 11.3 Å². The first-order chi connectivity index (χ1) is 9.90. The molecule has 21 heavy (non-hydrogen) atoms. The number of amides is 2. The Morgan fingerprint density at radius 2 is 2.24 bits per heavy atom. The van der Waals surface area contributed by atoms with Crippen LogP contribution in [-0.4, -0.2) is 46.5 Å². The molecule has 2 amide bonds. The Labute approximate surface area is 133 Å². The molecule has 1 N–H and O–H groups in total. The largest absolute Gasteiger partial charge is 0.480 e. The van der Waals surface area contributed by atoms with Gasteiger partial charge in [0.25, 0.3) is 0 Å². The van der Waals surface area contributed by atoms with Crippen molar-refractivity contribution in [3.63, 3.8) is 0 Å². The van der Waals surface area contributed by atoms with Crippen LogP contribution in [0.1, 0.15) is 24.6 Å². The van der Waals surface area contributed by atoms with Crippen molar-refractivity contribution < 1.29 is 14.7 Å². The number of halogens is 1. The van der Waals surface area contributed by atoms with Crippen molar-refractivity contribution in [1.29, 1.82) is 0 Å². The predicted octanol–water partition coefficient (Wildman–Crippen LogP) is 3.14. The second kappa shape index (κ2) is 6.66. The molecule has 1 aliphatic heterocycles. The summed E-state index contributed by atoms with van der Waals surface area (Å²) in [6.07, 6.45) is 1.68. The SMILES string of the molecule is CC1CCCN(C(=O)N(C)Cc2ccc(Cl)s2)C1C(=O)O. The Bertz CT molecular complexity index is 534. The monoisotopic (exact) mass is 330 g/mol. The molecule has 1 fully saturated rings. The number of likely N-dealkylation sites (tertiary alicyclic amines) is 1. The number of piperidine rings is 1. The number of carboxylic acids is 1. The Morgan fingerprint density at radius 3 is 2.81 bits per heavy atom. The normalized spacial score (nSPS) is 22.1. The van der Waals surface area contributed by atoms with E-state index in [0.29, 0.717) is 17.4 Å². The summed E-state index contributed by atoms with van der Waals surface area (Å²) in [5.74, 6) is -0.951. The molecule has 2 unspecified atom stereocenters. The molecule has 7 heteroatoms. The molecule has 1 aliphatic rings.